The first-order valence-corrected chi connectivity index (χ1v) is 26.4. The van der Waals surface area contributed by atoms with Gasteiger partial charge in [-0.25, -0.2) is 4.79 Å². The number of hydrogen-bond donors (Lipinski definition) is 12. The normalized spacial score (nSPS) is 51.8. The van der Waals surface area contributed by atoms with Crippen LogP contribution >= 0.6 is 0 Å². The number of carboxylic acid groups (broad SMARTS) is 1. The van der Waals surface area contributed by atoms with Gasteiger partial charge in [0.15, 0.2) is 25.0 Å². The van der Waals surface area contributed by atoms with Gasteiger partial charge in [-0.15, -0.1) is 0 Å². The van der Waals surface area contributed by atoms with Gasteiger partial charge in [0.05, 0.1) is 49.5 Å². The monoisotopic (exact) mass is 1040 g/mol. The minimum atomic E-state index is -2.10. The molecule has 418 valence electrons. The van der Waals surface area contributed by atoms with Gasteiger partial charge < -0.3 is 94.4 Å². The first kappa shape index (κ1) is 57.2. The number of aliphatic carboxylic acids is 1. The summed E-state index contributed by atoms with van der Waals surface area (Å²) in [5, 5.41) is 133. The lowest BCUT2D eigenvalue weighted by Gasteiger charge is -2.73. The molecule has 7 fully saturated rings. The lowest BCUT2D eigenvalue weighted by molar-refractivity contribution is -0.392. The van der Waals surface area contributed by atoms with E-state index in [1.54, 1.807) is 6.92 Å². The maximum absolute atomic E-state index is 13.4. The van der Waals surface area contributed by atoms with E-state index in [2.05, 4.69) is 33.8 Å². The number of carboxylic acids is 1. The van der Waals surface area contributed by atoms with E-state index in [1.807, 2.05) is 27.7 Å². The van der Waals surface area contributed by atoms with Crippen molar-refractivity contribution in [1.82, 2.24) is 0 Å². The third-order valence-corrected chi connectivity index (χ3v) is 20.4. The number of esters is 1. The number of aliphatic hydroxyl groups excluding tert-OH is 11. The van der Waals surface area contributed by atoms with Gasteiger partial charge in [-0.3, -0.25) is 4.79 Å². The maximum atomic E-state index is 13.4. The molecule has 0 bridgehead atoms. The number of aliphatic hydroxyl groups is 11. The van der Waals surface area contributed by atoms with Crippen LogP contribution in [0.4, 0.5) is 0 Å². The van der Waals surface area contributed by atoms with Crippen molar-refractivity contribution in [2.24, 2.45) is 56.2 Å². The second-order valence-corrected chi connectivity index (χ2v) is 25.1. The van der Waals surface area contributed by atoms with Crippen LogP contribution in [0, 0.1) is 56.2 Å². The second kappa shape index (κ2) is 20.3. The average Bonchev–Trinajstić information content (AvgIpc) is 3.33. The molecular formula is C52H84O21. The fourth-order valence-electron chi connectivity index (χ4n) is 15.7. The second-order valence-electron chi connectivity index (χ2n) is 25.1. The molecule has 12 N–H and O–H groups in total. The molecule has 0 aromatic rings. The molecular weight excluding hydrogens is 961 g/mol. The molecule has 21 nitrogen and oxygen atoms in total. The van der Waals surface area contributed by atoms with E-state index in [4.69, 9.17) is 33.2 Å². The molecule has 0 aromatic carbocycles. The van der Waals surface area contributed by atoms with Crippen molar-refractivity contribution < 1.29 is 104 Å². The lowest BCUT2D eigenvalue weighted by atomic mass is 9.32. The SMILES string of the molecule is CCC(C)C(=O)O[C@H]1CC(C)(C)C[C@H]2C3=CC[C@@H]4[C@@]5(C)CC[C@H](O[C@@H]6O[C@H](C(=O)O)[C@@H](O)[C@H](O[C@@H]7OC[C@H](O)[C@H](O)[C@H]7O)[C@H]6O[C@@H]6O[C@H](CO)[C@@H](O)[C@H](O)[C@H]6O)C(C)(C)[C@@H]5CC[C@@]4(C)[C@]3(C)[C@@H](O)[C@@H](O)[C@@]12CO. The molecule has 8 aliphatic rings. The van der Waals surface area contributed by atoms with Crippen molar-refractivity contribution in [3.05, 3.63) is 11.6 Å². The molecule has 3 aliphatic heterocycles. The fourth-order valence-corrected chi connectivity index (χ4v) is 15.7. The predicted molar refractivity (Wildman–Crippen MR) is 252 cm³/mol. The van der Waals surface area contributed by atoms with Crippen molar-refractivity contribution >= 4 is 11.9 Å². The average molecular weight is 1050 g/mol. The Balaban J connectivity index is 1.12. The van der Waals surface area contributed by atoms with Crippen LogP contribution in [0.5, 0.6) is 0 Å². The highest BCUT2D eigenvalue weighted by molar-refractivity contribution is 5.73. The number of carbonyl (C=O) groups excluding carboxylic acids is 1. The Bertz CT molecular complexity index is 2040. The van der Waals surface area contributed by atoms with Crippen LogP contribution in [-0.2, 0) is 42.7 Å². The third kappa shape index (κ3) is 8.97. The first-order chi connectivity index (χ1) is 34.0. The van der Waals surface area contributed by atoms with E-state index < -0.39 is 181 Å². The number of ether oxygens (including phenoxy) is 7. The summed E-state index contributed by atoms with van der Waals surface area (Å²) in [6.07, 6.45) is -23.2. The lowest BCUT2D eigenvalue weighted by Crippen LogP contribution is -2.74. The van der Waals surface area contributed by atoms with Crippen LogP contribution in [0.15, 0.2) is 11.6 Å². The zero-order chi connectivity index (χ0) is 53.9. The number of carbonyl (C=O) groups is 2. The summed E-state index contributed by atoms with van der Waals surface area (Å²) in [7, 11) is 0. The Labute approximate surface area is 426 Å². The molecule has 3 saturated heterocycles. The Kier molecular flexibility index (Phi) is 15.9. The topological polar surface area (TPSA) is 342 Å². The van der Waals surface area contributed by atoms with Gasteiger partial charge in [-0.2, -0.15) is 0 Å². The van der Waals surface area contributed by atoms with Gasteiger partial charge in [0.1, 0.15) is 67.1 Å². The molecule has 4 saturated carbocycles. The Morgan fingerprint density at radius 2 is 1.38 bits per heavy atom. The highest BCUT2D eigenvalue weighted by Crippen LogP contribution is 2.76. The number of rotatable bonds is 12. The third-order valence-electron chi connectivity index (χ3n) is 20.4. The molecule has 8 rings (SSSR count). The molecule has 3 heterocycles. The molecule has 0 spiro atoms. The van der Waals surface area contributed by atoms with Crippen LogP contribution in [-0.4, -0.2) is 203 Å². The van der Waals surface area contributed by atoms with Crippen LogP contribution in [0.25, 0.3) is 0 Å². The largest absolute Gasteiger partial charge is 0.479 e. The Morgan fingerprint density at radius 3 is 2.01 bits per heavy atom. The van der Waals surface area contributed by atoms with Gasteiger partial charge in [0.2, 0.25) is 0 Å². The van der Waals surface area contributed by atoms with Crippen LogP contribution in [0.3, 0.4) is 0 Å². The highest BCUT2D eigenvalue weighted by Gasteiger charge is 2.75. The van der Waals surface area contributed by atoms with E-state index in [1.165, 1.54) is 0 Å². The molecule has 5 aliphatic carbocycles. The van der Waals surface area contributed by atoms with Gasteiger partial charge in [-0.05, 0) is 90.8 Å². The summed E-state index contributed by atoms with van der Waals surface area (Å²) in [6.45, 7) is 16.7. The van der Waals surface area contributed by atoms with Crippen LogP contribution < -0.4 is 0 Å². The first-order valence-electron chi connectivity index (χ1n) is 26.4. The van der Waals surface area contributed by atoms with Crippen molar-refractivity contribution in [3.8, 4) is 0 Å². The van der Waals surface area contributed by atoms with Gasteiger partial charge >= 0.3 is 11.9 Å². The summed E-state index contributed by atoms with van der Waals surface area (Å²) in [6, 6.07) is 0. The zero-order valence-electron chi connectivity index (χ0n) is 43.6. The smallest absolute Gasteiger partial charge is 0.335 e. The van der Waals surface area contributed by atoms with E-state index >= 15 is 0 Å². The Hall–Kier alpha value is -2.00. The van der Waals surface area contributed by atoms with E-state index in [-0.39, 0.29) is 17.3 Å². The van der Waals surface area contributed by atoms with Crippen molar-refractivity contribution in [1.29, 1.82) is 0 Å². The molecule has 21 heteroatoms. The zero-order valence-corrected chi connectivity index (χ0v) is 43.6. The van der Waals surface area contributed by atoms with E-state index in [0.29, 0.717) is 51.4 Å². The van der Waals surface area contributed by atoms with Gasteiger partial charge in [-0.1, -0.05) is 74.0 Å². The molecule has 0 amide bonds. The summed E-state index contributed by atoms with van der Waals surface area (Å²) < 4.78 is 42.6. The maximum Gasteiger partial charge on any atom is 0.335 e. The molecule has 26 atom stereocenters. The summed E-state index contributed by atoms with van der Waals surface area (Å²) in [5.41, 5.74) is -3.45. The van der Waals surface area contributed by atoms with Gasteiger partial charge in [0, 0.05) is 5.41 Å². The van der Waals surface area contributed by atoms with Gasteiger partial charge in [0.25, 0.3) is 0 Å². The summed E-state index contributed by atoms with van der Waals surface area (Å²) in [4.78, 5) is 26.3. The summed E-state index contributed by atoms with van der Waals surface area (Å²) >= 11 is 0. The minimum Gasteiger partial charge on any atom is -0.479 e. The van der Waals surface area contributed by atoms with Crippen molar-refractivity contribution in [2.75, 3.05) is 19.8 Å². The standard InChI is InChI=1S/C52H84O21/c1-10-22(2)43(66)69-30-18-47(3,4)17-24-23-11-12-28-49(7)15-14-29(48(5,6)27(49)13-16-50(28,8)51(23,9)40(62)41(63)52(24,30)21-54)70-46-39(73-45-35(60)33(58)32(57)26(19-53)68-45)37(36(61)38(72-46)42(64)65)71-44-34(59)31(56)25(55)20-67-44/h11,22,24-41,44-46,53-63H,10,12-21H2,1-9H3,(H,64,65)/t22?,24-,25-,26+,27-,28+,29-,30-,31-,32+,33-,34+,35+,36-,37-,38-,39+,40-,41+,44-,45-,46+,49-,50+,51-,52+/m0/s1. The minimum absolute atomic E-state index is 0.0554. The quantitative estimate of drug-likeness (QED) is 0.0687. The fraction of sp³-hybridized carbons (Fsp3) is 0.923. The van der Waals surface area contributed by atoms with E-state index in [9.17, 15) is 70.9 Å². The molecule has 1 unspecified atom stereocenters. The Morgan fingerprint density at radius 1 is 0.726 bits per heavy atom. The number of allylic oxidation sites excluding steroid dienone is 1. The number of fused-ring (bicyclic) bond motifs is 7. The van der Waals surface area contributed by atoms with Crippen molar-refractivity contribution in [2.45, 2.75) is 224 Å². The molecule has 0 radical (unpaired) electrons. The van der Waals surface area contributed by atoms with Crippen LogP contribution in [0.2, 0.25) is 0 Å². The predicted octanol–water partition coefficient (Wildman–Crippen LogP) is -0.145. The van der Waals surface area contributed by atoms with E-state index in [0.717, 1.165) is 5.57 Å². The van der Waals surface area contributed by atoms with Crippen molar-refractivity contribution in [3.63, 3.8) is 0 Å². The molecule has 0 aromatic heterocycles. The summed E-state index contributed by atoms with van der Waals surface area (Å²) in [5.74, 6) is -2.99. The highest BCUT2D eigenvalue weighted by atomic mass is 16.8. The number of hydrogen-bond acceptors (Lipinski definition) is 20. The molecule has 73 heavy (non-hydrogen) atoms. The van der Waals surface area contributed by atoms with Crippen LogP contribution in [0.1, 0.15) is 114 Å².